The number of alkyl halides is 3. The zero-order valence-corrected chi connectivity index (χ0v) is 18.4. The summed E-state index contributed by atoms with van der Waals surface area (Å²) in [7, 11) is 1.90. The molecule has 0 N–H and O–H groups in total. The van der Waals surface area contributed by atoms with E-state index in [0.29, 0.717) is 17.3 Å². The molecule has 2 aliphatic rings. The fourth-order valence-corrected chi connectivity index (χ4v) is 5.27. The van der Waals surface area contributed by atoms with Gasteiger partial charge in [-0.2, -0.15) is 13.2 Å². The van der Waals surface area contributed by atoms with Crippen LogP contribution in [0, 0.1) is 11.7 Å². The number of rotatable bonds is 7. The Morgan fingerprint density at radius 1 is 1.06 bits per heavy atom. The van der Waals surface area contributed by atoms with Crippen molar-refractivity contribution in [3.05, 3.63) is 71.3 Å². The molecule has 0 unspecified atom stereocenters. The molecule has 2 heterocycles. The van der Waals surface area contributed by atoms with Crippen LogP contribution in [0.4, 0.5) is 17.6 Å². The first kappa shape index (κ1) is 22.1. The number of aromatic nitrogens is 3. The molecule has 1 aliphatic carbocycles. The van der Waals surface area contributed by atoms with Gasteiger partial charge in [0.25, 0.3) is 0 Å². The second kappa shape index (κ2) is 8.24. The Morgan fingerprint density at radius 3 is 2.58 bits per heavy atom. The molecule has 2 atom stereocenters. The van der Waals surface area contributed by atoms with E-state index in [0.717, 1.165) is 56.7 Å². The molecular weight excluding hydrogens is 432 g/mol. The maximum atomic E-state index is 13.5. The minimum absolute atomic E-state index is 0.0353. The molecule has 0 bridgehead atoms. The van der Waals surface area contributed by atoms with Crippen molar-refractivity contribution in [1.82, 2.24) is 19.7 Å². The van der Waals surface area contributed by atoms with Gasteiger partial charge in [0.2, 0.25) is 0 Å². The molecule has 174 valence electrons. The number of halogens is 4. The molecule has 1 aliphatic heterocycles. The van der Waals surface area contributed by atoms with E-state index in [4.69, 9.17) is 0 Å². The van der Waals surface area contributed by atoms with Gasteiger partial charge in [-0.25, -0.2) is 4.39 Å². The van der Waals surface area contributed by atoms with E-state index in [1.54, 1.807) is 18.2 Å². The zero-order chi connectivity index (χ0) is 23.2. The molecule has 1 saturated heterocycles. The molecule has 0 amide bonds. The molecule has 5 rings (SSSR count). The minimum atomic E-state index is -4.29. The van der Waals surface area contributed by atoms with Gasteiger partial charge in [0, 0.05) is 37.5 Å². The van der Waals surface area contributed by atoms with E-state index in [-0.39, 0.29) is 11.2 Å². The second-order valence-corrected chi connectivity index (χ2v) is 9.33. The number of hydrogen-bond donors (Lipinski definition) is 0. The SMILES string of the molecule is Cn1c(CCCCN2C[C@@H]3C[C@]3(c3ccc(C(F)(F)F)cc3)C2)nnc1-c1cccc(F)c1. The van der Waals surface area contributed by atoms with E-state index < -0.39 is 11.7 Å². The van der Waals surface area contributed by atoms with Gasteiger partial charge in [-0.05, 0) is 61.6 Å². The summed E-state index contributed by atoms with van der Waals surface area (Å²) >= 11 is 0. The van der Waals surface area contributed by atoms with Crippen LogP contribution in [0.5, 0.6) is 0 Å². The van der Waals surface area contributed by atoms with Crippen LogP contribution in [0.15, 0.2) is 48.5 Å². The first-order valence-corrected chi connectivity index (χ1v) is 11.3. The number of unbranched alkanes of at least 4 members (excludes halogenated alkanes) is 1. The van der Waals surface area contributed by atoms with E-state index in [2.05, 4.69) is 15.1 Å². The van der Waals surface area contributed by atoms with Gasteiger partial charge in [0.1, 0.15) is 11.6 Å². The van der Waals surface area contributed by atoms with Gasteiger partial charge in [0.15, 0.2) is 5.82 Å². The third-order valence-corrected chi connectivity index (χ3v) is 7.18. The van der Waals surface area contributed by atoms with E-state index >= 15 is 0 Å². The zero-order valence-electron chi connectivity index (χ0n) is 18.4. The molecule has 0 spiro atoms. The van der Waals surface area contributed by atoms with Crippen LogP contribution in [0.3, 0.4) is 0 Å². The van der Waals surface area contributed by atoms with Gasteiger partial charge in [-0.3, -0.25) is 0 Å². The standard InChI is InChI=1S/C25H26F4N4/c1-32-22(30-31-23(32)17-5-4-6-21(26)13-17)7-2-3-12-33-15-20-14-24(20,16-33)18-8-10-19(11-9-18)25(27,28)29/h4-6,8-11,13,20H,2-3,7,12,14-16H2,1H3/t20-,24+/m0/s1. The van der Waals surface area contributed by atoms with Gasteiger partial charge in [0.05, 0.1) is 5.56 Å². The maximum Gasteiger partial charge on any atom is 0.416 e. The molecule has 1 aromatic heterocycles. The fraction of sp³-hybridized carbons (Fsp3) is 0.440. The van der Waals surface area contributed by atoms with Crippen LogP contribution < -0.4 is 0 Å². The Balaban J connectivity index is 1.12. The van der Waals surface area contributed by atoms with Gasteiger partial charge < -0.3 is 9.47 Å². The number of hydrogen-bond acceptors (Lipinski definition) is 3. The van der Waals surface area contributed by atoms with Crippen molar-refractivity contribution in [2.24, 2.45) is 13.0 Å². The Kier molecular flexibility index (Phi) is 5.51. The smallest absolute Gasteiger partial charge is 0.314 e. The van der Waals surface area contributed by atoms with Crippen LogP contribution in [0.2, 0.25) is 0 Å². The molecule has 2 aromatic carbocycles. The lowest BCUT2D eigenvalue weighted by atomic mass is 9.94. The first-order chi connectivity index (χ1) is 15.8. The third kappa shape index (κ3) is 4.28. The van der Waals surface area contributed by atoms with Gasteiger partial charge in [-0.15, -0.1) is 10.2 Å². The number of fused-ring (bicyclic) bond motifs is 1. The fourth-order valence-electron chi connectivity index (χ4n) is 5.27. The Bertz CT molecular complexity index is 1140. The lowest BCUT2D eigenvalue weighted by Gasteiger charge is -2.21. The average molecular weight is 459 g/mol. The van der Waals surface area contributed by atoms with Crippen molar-refractivity contribution in [2.75, 3.05) is 19.6 Å². The molecule has 3 aromatic rings. The minimum Gasteiger partial charge on any atom is -0.314 e. The summed E-state index contributed by atoms with van der Waals surface area (Å²) in [5.74, 6) is 1.78. The highest BCUT2D eigenvalue weighted by molar-refractivity contribution is 5.55. The summed E-state index contributed by atoms with van der Waals surface area (Å²) in [6.07, 6.45) is -0.458. The van der Waals surface area contributed by atoms with Crippen molar-refractivity contribution < 1.29 is 17.6 Å². The van der Waals surface area contributed by atoms with E-state index in [1.165, 1.54) is 24.3 Å². The molecule has 1 saturated carbocycles. The molecule has 33 heavy (non-hydrogen) atoms. The average Bonchev–Trinajstić information content (AvgIpc) is 3.15. The van der Waals surface area contributed by atoms with E-state index in [9.17, 15) is 17.6 Å². The summed E-state index contributed by atoms with van der Waals surface area (Å²) in [5.41, 5.74) is 1.19. The molecular formula is C25H26F4N4. The predicted octanol–water partition coefficient (Wildman–Crippen LogP) is 5.24. The number of nitrogens with zero attached hydrogens (tertiary/aromatic N) is 4. The molecule has 0 radical (unpaired) electrons. The molecule has 8 heteroatoms. The lowest BCUT2D eigenvalue weighted by molar-refractivity contribution is -0.137. The third-order valence-electron chi connectivity index (χ3n) is 7.18. The van der Waals surface area contributed by atoms with Crippen molar-refractivity contribution in [2.45, 2.75) is 37.3 Å². The second-order valence-electron chi connectivity index (χ2n) is 9.33. The highest BCUT2D eigenvalue weighted by atomic mass is 19.4. The Morgan fingerprint density at radius 2 is 1.85 bits per heavy atom. The quantitative estimate of drug-likeness (QED) is 0.359. The molecule has 4 nitrogen and oxygen atoms in total. The van der Waals surface area contributed by atoms with Crippen LogP contribution in [-0.2, 0) is 25.1 Å². The predicted molar refractivity (Wildman–Crippen MR) is 117 cm³/mol. The van der Waals surface area contributed by atoms with Crippen molar-refractivity contribution >= 4 is 0 Å². The summed E-state index contributed by atoms with van der Waals surface area (Å²) in [5, 5.41) is 8.51. The number of benzene rings is 2. The summed E-state index contributed by atoms with van der Waals surface area (Å²) in [4.78, 5) is 2.43. The largest absolute Gasteiger partial charge is 0.416 e. The highest BCUT2D eigenvalue weighted by Gasteiger charge is 2.60. The van der Waals surface area contributed by atoms with Crippen LogP contribution in [0.25, 0.3) is 11.4 Å². The number of aryl methyl sites for hydroxylation is 1. The van der Waals surface area contributed by atoms with Gasteiger partial charge in [-0.1, -0.05) is 24.3 Å². The molecule has 2 fully saturated rings. The van der Waals surface area contributed by atoms with Crippen LogP contribution >= 0.6 is 0 Å². The van der Waals surface area contributed by atoms with E-state index in [1.807, 2.05) is 17.7 Å². The van der Waals surface area contributed by atoms with Crippen molar-refractivity contribution in [3.63, 3.8) is 0 Å². The number of piperidine rings is 1. The monoisotopic (exact) mass is 458 g/mol. The summed E-state index contributed by atoms with van der Waals surface area (Å²) in [6.45, 7) is 2.89. The first-order valence-electron chi connectivity index (χ1n) is 11.3. The Labute approximate surface area is 190 Å². The van der Waals surface area contributed by atoms with Gasteiger partial charge >= 0.3 is 6.18 Å². The highest BCUT2D eigenvalue weighted by Crippen LogP contribution is 2.59. The lowest BCUT2D eigenvalue weighted by Crippen LogP contribution is -2.27. The van der Waals surface area contributed by atoms with Crippen molar-refractivity contribution in [1.29, 1.82) is 0 Å². The van der Waals surface area contributed by atoms with Crippen molar-refractivity contribution in [3.8, 4) is 11.4 Å². The topological polar surface area (TPSA) is 34.0 Å². The summed E-state index contributed by atoms with van der Waals surface area (Å²) < 4.78 is 54.0. The van der Waals surface area contributed by atoms with Crippen LogP contribution in [0.1, 0.15) is 36.2 Å². The van der Waals surface area contributed by atoms with Crippen LogP contribution in [-0.4, -0.2) is 39.3 Å². The summed E-state index contributed by atoms with van der Waals surface area (Å²) in [6, 6.07) is 12.1. The number of likely N-dealkylation sites (tertiary alicyclic amines) is 1. The Hall–Kier alpha value is -2.74. The maximum absolute atomic E-state index is 13.5. The normalized spacial score (nSPS) is 22.5.